The fraction of sp³-hybridized carbons (Fsp3) is 0.571. The van der Waals surface area contributed by atoms with Crippen molar-refractivity contribution < 1.29 is 13.5 Å². The van der Waals surface area contributed by atoms with Gasteiger partial charge in [0.15, 0.2) is 0 Å². The molecule has 1 heterocycles. The third kappa shape index (κ3) is 3.75. The molecule has 0 spiro atoms. The van der Waals surface area contributed by atoms with E-state index in [9.17, 15) is 8.78 Å². The number of ether oxygens (including phenoxy) is 1. The molecule has 1 N–H and O–H groups in total. The maximum Gasteiger partial charge on any atom is 0.126 e. The monoisotopic (exact) mass is 255 g/mol. The lowest BCUT2D eigenvalue weighted by molar-refractivity contribution is 0.0240. The molecule has 1 saturated heterocycles. The first-order valence-corrected chi connectivity index (χ1v) is 6.31. The molecule has 0 unspecified atom stereocenters. The van der Waals surface area contributed by atoms with Crippen molar-refractivity contribution >= 4 is 0 Å². The summed E-state index contributed by atoms with van der Waals surface area (Å²) < 4.78 is 31.3. The summed E-state index contributed by atoms with van der Waals surface area (Å²) in [6.07, 6.45) is 2.05. The van der Waals surface area contributed by atoms with E-state index in [1.165, 1.54) is 12.1 Å². The topological polar surface area (TPSA) is 21.3 Å². The first-order chi connectivity index (χ1) is 8.57. The molecule has 100 valence electrons. The average Bonchev–Trinajstić information content (AvgIpc) is 2.28. The van der Waals surface area contributed by atoms with Crippen LogP contribution in [0, 0.1) is 17.0 Å². The van der Waals surface area contributed by atoms with Crippen LogP contribution in [0.2, 0.25) is 0 Å². The maximum absolute atomic E-state index is 13.0. The van der Waals surface area contributed by atoms with Gasteiger partial charge in [-0.05, 0) is 36.0 Å². The lowest BCUT2D eigenvalue weighted by Crippen LogP contribution is -2.36. The second-order valence-corrected chi connectivity index (χ2v) is 5.30. The molecule has 0 amide bonds. The summed E-state index contributed by atoms with van der Waals surface area (Å²) in [4.78, 5) is 0. The second kappa shape index (κ2) is 5.76. The van der Waals surface area contributed by atoms with Gasteiger partial charge in [0.05, 0.1) is 0 Å². The zero-order valence-corrected chi connectivity index (χ0v) is 10.6. The normalized spacial score (nSPS) is 18.8. The number of nitrogens with one attached hydrogen (secondary N) is 1. The second-order valence-electron chi connectivity index (χ2n) is 5.30. The number of hydrogen-bond acceptors (Lipinski definition) is 2. The van der Waals surface area contributed by atoms with Crippen molar-refractivity contribution in [1.29, 1.82) is 0 Å². The Hall–Kier alpha value is -1.00. The van der Waals surface area contributed by atoms with Crippen LogP contribution in [0.4, 0.5) is 8.78 Å². The third-order valence-corrected chi connectivity index (χ3v) is 3.50. The van der Waals surface area contributed by atoms with E-state index in [2.05, 4.69) is 12.2 Å². The fourth-order valence-corrected chi connectivity index (χ4v) is 2.26. The lowest BCUT2D eigenvalue weighted by Gasteiger charge is -2.33. The summed E-state index contributed by atoms with van der Waals surface area (Å²) in [6, 6.07) is 3.62. The molecule has 2 nitrogen and oxygen atoms in total. The van der Waals surface area contributed by atoms with Crippen LogP contribution in [0.5, 0.6) is 0 Å². The summed E-state index contributed by atoms with van der Waals surface area (Å²) >= 11 is 0. The molecule has 0 aliphatic carbocycles. The zero-order valence-electron chi connectivity index (χ0n) is 10.6. The Kier molecular flexibility index (Phi) is 4.30. The summed E-state index contributed by atoms with van der Waals surface area (Å²) in [5.41, 5.74) is 0.868. The number of hydrogen-bond donors (Lipinski definition) is 1. The Morgan fingerprint density at radius 3 is 2.39 bits per heavy atom. The molecule has 4 heteroatoms. The van der Waals surface area contributed by atoms with E-state index >= 15 is 0 Å². The van der Waals surface area contributed by atoms with Crippen LogP contribution in [-0.2, 0) is 11.3 Å². The van der Waals surface area contributed by atoms with Gasteiger partial charge in [-0.15, -0.1) is 0 Å². The van der Waals surface area contributed by atoms with Crippen LogP contribution >= 0.6 is 0 Å². The molecule has 0 saturated carbocycles. The average molecular weight is 255 g/mol. The van der Waals surface area contributed by atoms with Crippen molar-refractivity contribution in [2.75, 3.05) is 19.8 Å². The highest BCUT2D eigenvalue weighted by Gasteiger charge is 2.26. The van der Waals surface area contributed by atoms with Gasteiger partial charge in [0.1, 0.15) is 11.6 Å². The number of benzene rings is 1. The van der Waals surface area contributed by atoms with Crippen LogP contribution in [0.1, 0.15) is 25.3 Å². The molecule has 1 aromatic rings. The molecular formula is C14H19F2NO. The summed E-state index contributed by atoms with van der Waals surface area (Å²) in [6.45, 7) is 5.15. The molecule has 0 aromatic heterocycles. The molecule has 0 bridgehead atoms. The molecule has 1 aliphatic heterocycles. The smallest absolute Gasteiger partial charge is 0.126 e. The quantitative estimate of drug-likeness (QED) is 0.893. The highest BCUT2D eigenvalue weighted by Crippen LogP contribution is 2.28. The summed E-state index contributed by atoms with van der Waals surface area (Å²) in [5, 5.41) is 3.28. The maximum atomic E-state index is 13.0. The van der Waals surface area contributed by atoms with Crippen molar-refractivity contribution in [2.45, 2.75) is 26.3 Å². The van der Waals surface area contributed by atoms with E-state index in [1.54, 1.807) is 0 Å². The van der Waals surface area contributed by atoms with Crippen molar-refractivity contribution in [3.8, 4) is 0 Å². The Labute approximate surface area is 106 Å². The van der Waals surface area contributed by atoms with Crippen molar-refractivity contribution in [3.63, 3.8) is 0 Å². The Balaban J connectivity index is 1.84. The van der Waals surface area contributed by atoms with Gasteiger partial charge < -0.3 is 10.1 Å². The standard InChI is InChI=1S/C14H19F2NO/c1-14(2-4-18-5-3-14)10-17-9-11-6-12(15)8-13(16)7-11/h6-8,17H,2-5,9-10H2,1H3. The lowest BCUT2D eigenvalue weighted by atomic mass is 9.82. The van der Waals surface area contributed by atoms with Gasteiger partial charge in [-0.25, -0.2) is 8.78 Å². The van der Waals surface area contributed by atoms with Crippen LogP contribution < -0.4 is 5.32 Å². The van der Waals surface area contributed by atoms with Crippen molar-refractivity contribution in [2.24, 2.45) is 5.41 Å². The Morgan fingerprint density at radius 1 is 1.17 bits per heavy atom. The molecule has 1 aromatic carbocycles. The van der Waals surface area contributed by atoms with Crippen LogP contribution in [0.15, 0.2) is 18.2 Å². The van der Waals surface area contributed by atoms with Gasteiger partial charge >= 0.3 is 0 Å². The minimum Gasteiger partial charge on any atom is -0.381 e. The van der Waals surface area contributed by atoms with Gasteiger partial charge in [0, 0.05) is 32.4 Å². The molecule has 0 atom stereocenters. The molecule has 0 radical (unpaired) electrons. The Morgan fingerprint density at radius 2 is 1.78 bits per heavy atom. The predicted molar refractivity (Wildman–Crippen MR) is 66.2 cm³/mol. The van der Waals surface area contributed by atoms with Gasteiger partial charge in [-0.3, -0.25) is 0 Å². The zero-order chi connectivity index (χ0) is 13.0. The summed E-state index contributed by atoms with van der Waals surface area (Å²) in [5.74, 6) is -1.05. The SMILES string of the molecule is CC1(CNCc2cc(F)cc(F)c2)CCOCC1. The first kappa shape index (κ1) is 13.4. The highest BCUT2D eigenvalue weighted by atomic mass is 19.1. The van der Waals surface area contributed by atoms with Gasteiger partial charge in [0.2, 0.25) is 0 Å². The molecule has 2 rings (SSSR count). The summed E-state index contributed by atoms with van der Waals surface area (Å²) in [7, 11) is 0. The van der Waals surface area contributed by atoms with E-state index in [4.69, 9.17) is 4.74 Å². The largest absolute Gasteiger partial charge is 0.381 e. The molecule has 1 aliphatic rings. The number of rotatable bonds is 4. The minimum absolute atomic E-state index is 0.226. The first-order valence-electron chi connectivity index (χ1n) is 6.31. The van der Waals surface area contributed by atoms with Gasteiger partial charge in [0.25, 0.3) is 0 Å². The van der Waals surface area contributed by atoms with Crippen LogP contribution in [-0.4, -0.2) is 19.8 Å². The van der Waals surface area contributed by atoms with E-state index in [1.807, 2.05) is 0 Å². The van der Waals surface area contributed by atoms with Crippen LogP contribution in [0.25, 0.3) is 0 Å². The number of halogens is 2. The molecule has 1 fully saturated rings. The van der Waals surface area contributed by atoms with E-state index in [0.717, 1.165) is 38.7 Å². The third-order valence-electron chi connectivity index (χ3n) is 3.50. The van der Waals surface area contributed by atoms with Crippen molar-refractivity contribution in [3.05, 3.63) is 35.4 Å². The Bertz CT molecular complexity index is 383. The van der Waals surface area contributed by atoms with Crippen molar-refractivity contribution in [1.82, 2.24) is 5.32 Å². The predicted octanol–water partition coefficient (Wildman–Crippen LogP) is 2.87. The fourth-order valence-electron chi connectivity index (χ4n) is 2.26. The van der Waals surface area contributed by atoms with E-state index in [-0.39, 0.29) is 5.41 Å². The van der Waals surface area contributed by atoms with E-state index < -0.39 is 11.6 Å². The molecule has 18 heavy (non-hydrogen) atoms. The molecular weight excluding hydrogens is 236 g/mol. The van der Waals surface area contributed by atoms with Crippen LogP contribution in [0.3, 0.4) is 0 Å². The van der Waals surface area contributed by atoms with Gasteiger partial charge in [-0.2, -0.15) is 0 Å². The van der Waals surface area contributed by atoms with E-state index in [0.29, 0.717) is 12.1 Å². The van der Waals surface area contributed by atoms with Gasteiger partial charge in [-0.1, -0.05) is 6.92 Å². The highest BCUT2D eigenvalue weighted by molar-refractivity contribution is 5.17. The minimum atomic E-state index is -0.524.